The number of hydrogen-bond acceptors (Lipinski definition) is 6. The third kappa shape index (κ3) is 2.96. The molecule has 0 atom stereocenters. The molecule has 3 heterocycles. The van der Waals surface area contributed by atoms with Gasteiger partial charge in [-0.25, -0.2) is 4.98 Å². The highest BCUT2D eigenvalue weighted by Crippen LogP contribution is 2.28. The second kappa shape index (κ2) is 6.15. The first-order valence-corrected chi connectivity index (χ1v) is 7.81. The van der Waals surface area contributed by atoms with E-state index in [-0.39, 0.29) is 0 Å². The molecule has 1 saturated heterocycles. The summed E-state index contributed by atoms with van der Waals surface area (Å²) in [7, 11) is 4.13. The highest BCUT2D eigenvalue weighted by Gasteiger charge is 2.24. The van der Waals surface area contributed by atoms with Crippen molar-refractivity contribution in [3.8, 4) is 0 Å². The van der Waals surface area contributed by atoms with Crippen molar-refractivity contribution in [2.24, 2.45) is 0 Å². The zero-order chi connectivity index (χ0) is 14.8. The Morgan fingerprint density at radius 2 is 1.90 bits per heavy atom. The Morgan fingerprint density at radius 1 is 1.14 bits per heavy atom. The maximum Gasteiger partial charge on any atom is 0.227 e. The van der Waals surface area contributed by atoms with E-state index in [1.165, 1.54) is 11.3 Å². The van der Waals surface area contributed by atoms with Gasteiger partial charge in [-0.3, -0.25) is 4.90 Å². The molecule has 1 aromatic heterocycles. The van der Waals surface area contributed by atoms with Crippen LogP contribution in [-0.4, -0.2) is 68.4 Å². The predicted molar refractivity (Wildman–Crippen MR) is 84.0 cm³/mol. The van der Waals surface area contributed by atoms with Gasteiger partial charge in [-0.1, -0.05) is 6.92 Å². The average Bonchev–Trinajstić information content (AvgIpc) is 2.54. The number of fused-ring (bicyclic) bond motifs is 1. The second-order valence-corrected chi connectivity index (χ2v) is 5.89. The first-order valence-electron chi connectivity index (χ1n) is 7.81. The molecular formula is C15H25N5O. The Labute approximate surface area is 126 Å². The fourth-order valence-corrected chi connectivity index (χ4v) is 2.98. The smallest absolute Gasteiger partial charge is 0.227 e. The van der Waals surface area contributed by atoms with Gasteiger partial charge in [0.25, 0.3) is 0 Å². The standard InChI is InChI=1S/C15H25N5O/c1-4-19-6-5-13-12(11-19)14(18(2)3)17-15(16-13)20-7-9-21-10-8-20/h4-11H2,1-3H3. The topological polar surface area (TPSA) is 44.7 Å². The van der Waals surface area contributed by atoms with Crippen LogP contribution in [0, 0.1) is 0 Å². The van der Waals surface area contributed by atoms with Crippen molar-refractivity contribution >= 4 is 11.8 Å². The van der Waals surface area contributed by atoms with Crippen molar-refractivity contribution in [2.75, 3.05) is 63.3 Å². The quantitative estimate of drug-likeness (QED) is 0.819. The Morgan fingerprint density at radius 3 is 2.57 bits per heavy atom. The lowest BCUT2D eigenvalue weighted by molar-refractivity contribution is 0.122. The fraction of sp³-hybridized carbons (Fsp3) is 0.733. The van der Waals surface area contributed by atoms with Crippen LogP contribution in [0.3, 0.4) is 0 Å². The van der Waals surface area contributed by atoms with E-state index in [9.17, 15) is 0 Å². The highest BCUT2D eigenvalue weighted by atomic mass is 16.5. The largest absolute Gasteiger partial charge is 0.378 e. The number of anilines is 2. The molecule has 0 radical (unpaired) electrons. The minimum absolute atomic E-state index is 0.765. The number of morpholine rings is 1. The van der Waals surface area contributed by atoms with Crippen molar-refractivity contribution in [3.63, 3.8) is 0 Å². The molecule has 0 N–H and O–H groups in total. The molecule has 0 bridgehead atoms. The molecule has 0 aliphatic carbocycles. The van der Waals surface area contributed by atoms with Crippen LogP contribution in [-0.2, 0) is 17.7 Å². The Kier molecular flexibility index (Phi) is 4.26. The number of rotatable bonds is 3. The predicted octanol–water partition coefficient (Wildman–Crippen LogP) is 0.757. The van der Waals surface area contributed by atoms with Crippen molar-refractivity contribution in [3.05, 3.63) is 11.3 Å². The summed E-state index contributed by atoms with van der Waals surface area (Å²) in [5, 5.41) is 0. The Hall–Kier alpha value is -1.40. The SMILES string of the molecule is CCN1CCc2nc(N3CCOCC3)nc(N(C)C)c2C1. The van der Waals surface area contributed by atoms with Gasteiger partial charge in [0.1, 0.15) is 5.82 Å². The molecule has 1 aromatic rings. The first kappa shape index (κ1) is 14.5. The van der Waals surface area contributed by atoms with Crippen LogP contribution in [0.25, 0.3) is 0 Å². The fourth-order valence-electron chi connectivity index (χ4n) is 2.98. The molecule has 0 aromatic carbocycles. The maximum absolute atomic E-state index is 5.43. The molecular weight excluding hydrogens is 266 g/mol. The molecule has 116 valence electrons. The van der Waals surface area contributed by atoms with Crippen molar-refractivity contribution in [1.82, 2.24) is 14.9 Å². The van der Waals surface area contributed by atoms with E-state index in [0.29, 0.717) is 0 Å². The summed E-state index contributed by atoms with van der Waals surface area (Å²) >= 11 is 0. The van der Waals surface area contributed by atoms with E-state index in [4.69, 9.17) is 14.7 Å². The molecule has 2 aliphatic heterocycles. The summed E-state index contributed by atoms with van der Waals surface area (Å²) in [6.45, 7) is 8.64. The number of hydrogen-bond donors (Lipinski definition) is 0. The number of likely N-dealkylation sites (N-methyl/N-ethyl adjacent to an activating group) is 1. The Balaban J connectivity index is 1.95. The third-order valence-corrected chi connectivity index (χ3v) is 4.27. The van der Waals surface area contributed by atoms with Crippen LogP contribution in [0.2, 0.25) is 0 Å². The molecule has 3 rings (SSSR count). The molecule has 0 spiro atoms. The van der Waals surface area contributed by atoms with Crippen LogP contribution >= 0.6 is 0 Å². The molecule has 0 saturated carbocycles. The van der Waals surface area contributed by atoms with Gasteiger partial charge in [0.05, 0.1) is 18.9 Å². The number of aromatic nitrogens is 2. The van der Waals surface area contributed by atoms with Gasteiger partial charge < -0.3 is 14.5 Å². The van der Waals surface area contributed by atoms with Gasteiger partial charge in [0.2, 0.25) is 5.95 Å². The molecule has 21 heavy (non-hydrogen) atoms. The summed E-state index contributed by atoms with van der Waals surface area (Å²) in [5.41, 5.74) is 2.52. The van der Waals surface area contributed by atoms with Crippen molar-refractivity contribution in [2.45, 2.75) is 19.9 Å². The van der Waals surface area contributed by atoms with Gasteiger partial charge in [0.15, 0.2) is 0 Å². The number of nitrogens with zero attached hydrogens (tertiary/aromatic N) is 5. The van der Waals surface area contributed by atoms with Gasteiger partial charge in [0, 0.05) is 52.3 Å². The summed E-state index contributed by atoms with van der Waals surface area (Å²) in [6, 6.07) is 0. The van der Waals surface area contributed by atoms with Gasteiger partial charge in [-0.2, -0.15) is 4.98 Å². The average molecular weight is 291 g/mol. The molecule has 2 aliphatic rings. The monoisotopic (exact) mass is 291 g/mol. The minimum Gasteiger partial charge on any atom is -0.378 e. The molecule has 0 unspecified atom stereocenters. The van der Waals surface area contributed by atoms with Gasteiger partial charge in [-0.15, -0.1) is 0 Å². The van der Waals surface area contributed by atoms with Crippen LogP contribution in [0.1, 0.15) is 18.2 Å². The molecule has 0 amide bonds. The lowest BCUT2D eigenvalue weighted by atomic mass is 10.1. The van der Waals surface area contributed by atoms with E-state index in [1.54, 1.807) is 0 Å². The van der Waals surface area contributed by atoms with Crippen LogP contribution in [0.4, 0.5) is 11.8 Å². The zero-order valence-corrected chi connectivity index (χ0v) is 13.3. The summed E-state index contributed by atoms with van der Waals surface area (Å²) in [5.74, 6) is 1.94. The van der Waals surface area contributed by atoms with Crippen molar-refractivity contribution < 1.29 is 4.74 Å². The third-order valence-electron chi connectivity index (χ3n) is 4.27. The van der Waals surface area contributed by atoms with Gasteiger partial charge in [-0.05, 0) is 6.54 Å². The van der Waals surface area contributed by atoms with Crippen LogP contribution in [0.15, 0.2) is 0 Å². The summed E-state index contributed by atoms with van der Waals surface area (Å²) in [4.78, 5) is 16.5. The minimum atomic E-state index is 0.765. The lowest BCUT2D eigenvalue weighted by Crippen LogP contribution is -2.39. The van der Waals surface area contributed by atoms with E-state index >= 15 is 0 Å². The number of ether oxygens (including phenoxy) is 1. The van der Waals surface area contributed by atoms with Gasteiger partial charge >= 0.3 is 0 Å². The van der Waals surface area contributed by atoms with Crippen LogP contribution in [0.5, 0.6) is 0 Å². The van der Waals surface area contributed by atoms with E-state index in [2.05, 4.69) is 35.7 Å². The first-order chi connectivity index (χ1) is 10.2. The lowest BCUT2D eigenvalue weighted by Gasteiger charge is -2.32. The van der Waals surface area contributed by atoms with Crippen LogP contribution < -0.4 is 9.80 Å². The maximum atomic E-state index is 5.43. The van der Waals surface area contributed by atoms with E-state index in [0.717, 1.165) is 64.1 Å². The normalized spacial score (nSPS) is 19.5. The van der Waals surface area contributed by atoms with Crippen molar-refractivity contribution in [1.29, 1.82) is 0 Å². The van der Waals surface area contributed by atoms with E-state index in [1.807, 2.05) is 0 Å². The summed E-state index contributed by atoms with van der Waals surface area (Å²) in [6.07, 6.45) is 1.02. The molecule has 6 nitrogen and oxygen atoms in total. The van der Waals surface area contributed by atoms with E-state index < -0.39 is 0 Å². The highest BCUT2D eigenvalue weighted by molar-refractivity contribution is 5.53. The zero-order valence-electron chi connectivity index (χ0n) is 13.3. The second-order valence-electron chi connectivity index (χ2n) is 5.89. The Bertz CT molecular complexity index is 499. The molecule has 6 heteroatoms. The summed E-state index contributed by atoms with van der Waals surface area (Å²) < 4.78 is 5.43. The molecule has 1 fully saturated rings.